The number of anilines is 1. The molecule has 1 heterocycles. The molecule has 1 N–H and O–H groups in total. The van der Waals surface area contributed by atoms with E-state index < -0.39 is 0 Å². The molecular formula is C16H18ClN3. The van der Waals surface area contributed by atoms with Gasteiger partial charge in [0.1, 0.15) is 0 Å². The van der Waals surface area contributed by atoms with Gasteiger partial charge in [0.25, 0.3) is 0 Å². The third-order valence-electron chi connectivity index (χ3n) is 3.39. The number of halogens is 1. The Morgan fingerprint density at radius 3 is 2.90 bits per heavy atom. The fourth-order valence-electron chi connectivity index (χ4n) is 2.10. The van der Waals surface area contributed by atoms with Crippen molar-refractivity contribution in [1.29, 1.82) is 5.26 Å². The van der Waals surface area contributed by atoms with Gasteiger partial charge in [-0.2, -0.15) is 5.26 Å². The van der Waals surface area contributed by atoms with Gasteiger partial charge in [0.05, 0.1) is 22.3 Å². The van der Waals surface area contributed by atoms with E-state index in [4.69, 9.17) is 16.9 Å². The van der Waals surface area contributed by atoms with Gasteiger partial charge >= 0.3 is 0 Å². The minimum atomic E-state index is 0.0659. The van der Waals surface area contributed by atoms with E-state index in [1.165, 1.54) is 0 Å². The van der Waals surface area contributed by atoms with Gasteiger partial charge < -0.3 is 5.32 Å². The lowest BCUT2D eigenvalue weighted by atomic mass is 9.88. The number of nitrogens with one attached hydrogen (secondary N) is 1. The summed E-state index contributed by atoms with van der Waals surface area (Å²) in [4.78, 5) is 4.41. The first-order chi connectivity index (χ1) is 9.53. The summed E-state index contributed by atoms with van der Waals surface area (Å²) in [5, 5.41) is 13.8. The molecule has 0 fully saturated rings. The van der Waals surface area contributed by atoms with Gasteiger partial charge in [-0.25, -0.2) is 0 Å². The van der Waals surface area contributed by atoms with Crippen LogP contribution < -0.4 is 5.32 Å². The van der Waals surface area contributed by atoms with Crippen LogP contribution in [0.5, 0.6) is 0 Å². The van der Waals surface area contributed by atoms with Crippen LogP contribution in [0.1, 0.15) is 26.7 Å². The van der Waals surface area contributed by atoms with Gasteiger partial charge in [-0.15, -0.1) is 0 Å². The van der Waals surface area contributed by atoms with E-state index >= 15 is 0 Å². The number of benzene rings is 1. The minimum Gasteiger partial charge on any atom is -0.383 e. The fraction of sp³-hybridized carbons (Fsp3) is 0.375. The lowest BCUT2D eigenvalue weighted by molar-refractivity contribution is 0.364. The van der Waals surface area contributed by atoms with Crippen LogP contribution in [0.4, 0.5) is 5.69 Å². The third kappa shape index (κ3) is 3.40. The number of nitriles is 1. The van der Waals surface area contributed by atoms with Gasteiger partial charge in [-0.1, -0.05) is 25.4 Å². The number of hydrogen-bond acceptors (Lipinski definition) is 3. The summed E-state index contributed by atoms with van der Waals surface area (Å²) in [7, 11) is 0. The normalized spacial score (nSPS) is 11.3. The van der Waals surface area contributed by atoms with Crippen LogP contribution in [0.15, 0.2) is 30.5 Å². The topological polar surface area (TPSA) is 48.7 Å². The summed E-state index contributed by atoms with van der Waals surface area (Å²) in [5.41, 5.74) is 1.93. The molecule has 0 saturated carbocycles. The van der Waals surface area contributed by atoms with Crippen LogP contribution in [-0.4, -0.2) is 11.5 Å². The fourth-order valence-corrected chi connectivity index (χ4v) is 2.31. The lowest BCUT2D eigenvalue weighted by Crippen LogP contribution is -2.23. The smallest absolute Gasteiger partial charge is 0.0948 e. The van der Waals surface area contributed by atoms with Crippen LogP contribution in [0.2, 0.25) is 5.02 Å². The lowest BCUT2D eigenvalue weighted by Gasteiger charge is -2.24. The number of hydrogen-bond donors (Lipinski definition) is 1. The first-order valence-electron chi connectivity index (χ1n) is 6.67. The zero-order valence-electron chi connectivity index (χ0n) is 11.8. The Morgan fingerprint density at radius 2 is 2.15 bits per heavy atom. The van der Waals surface area contributed by atoms with Crippen molar-refractivity contribution < 1.29 is 0 Å². The van der Waals surface area contributed by atoms with Gasteiger partial charge in [-0.3, -0.25) is 4.98 Å². The van der Waals surface area contributed by atoms with Gasteiger partial charge in [0.15, 0.2) is 0 Å². The van der Waals surface area contributed by atoms with E-state index in [1.807, 2.05) is 24.3 Å². The number of nitrogens with zero attached hydrogens (tertiary/aromatic N) is 2. The Morgan fingerprint density at radius 1 is 1.35 bits per heavy atom. The molecule has 4 heteroatoms. The minimum absolute atomic E-state index is 0.0659. The van der Waals surface area contributed by atoms with E-state index in [0.29, 0.717) is 11.4 Å². The molecule has 0 atom stereocenters. The number of rotatable bonds is 5. The summed E-state index contributed by atoms with van der Waals surface area (Å²) >= 11 is 6.18. The van der Waals surface area contributed by atoms with Gasteiger partial charge in [-0.05, 0) is 36.1 Å². The number of pyridine rings is 1. The first-order valence-corrected chi connectivity index (χ1v) is 7.05. The summed E-state index contributed by atoms with van der Waals surface area (Å²) in [6, 6.07) is 9.90. The van der Waals surface area contributed by atoms with Crippen molar-refractivity contribution in [2.75, 3.05) is 11.9 Å². The van der Waals surface area contributed by atoms with Crippen molar-refractivity contribution in [3.63, 3.8) is 0 Å². The molecule has 104 valence electrons. The summed E-state index contributed by atoms with van der Waals surface area (Å²) in [6.45, 7) is 5.10. The molecule has 0 spiro atoms. The molecule has 2 aromatic rings. The Balaban J connectivity index is 2.19. The average molecular weight is 288 g/mol. The highest BCUT2D eigenvalue weighted by Gasteiger charge is 2.17. The highest BCUT2D eigenvalue weighted by molar-refractivity contribution is 6.35. The van der Waals surface area contributed by atoms with Crippen LogP contribution in [0.25, 0.3) is 10.9 Å². The van der Waals surface area contributed by atoms with E-state index in [-0.39, 0.29) is 5.41 Å². The molecule has 3 nitrogen and oxygen atoms in total. The summed E-state index contributed by atoms with van der Waals surface area (Å²) in [6.07, 6.45) is 3.22. The van der Waals surface area contributed by atoms with Gasteiger partial charge in [0.2, 0.25) is 0 Å². The second kappa shape index (κ2) is 6.11. The molecule has 0 aliphatic rings. The zero-order valence-corrected chi connectivity index (χ0v) is 12.5. The van der Waals surface area contributed by atoms with Crippen LogP contribution in [0.3, 0.4) is 0 Å². The number of aromatic nitrogens is 1. The standard InChI is InChI=1S/C16H18ClN3/c1-16(2,8-4-9-18)11-20-14-7-6-13(17)12-5-3-10-19-15(12)14/h3,5-7,10,20H,4,8,11H2,1-2H3. The SMILES string of the molecule is CC(C)(CCC#N)CNc1ccc(Cl)c2cccnc12. The molecule has 2 rings (SSSR count). The molecule has 1 aromatic carbocycles. The molecular weight excluding hydrogens is 270 g/mol. The van der Waals surface area contributed by atoms with Crippen LogP contribution in [-0.2, 0) is 0 Å². The van der Waals surface area contributed by atoms with Crippen molar-refractivity contribution in [3.05, 3.63) is 35.5 Å². The van der Waals surface area contributed by atoms with E-state index in [1.54, 1.807) is 6.20 Å². The van der Waals surface area contributed by atoms with E-state index in [9.17, 15) is 0 Å². The molecule has 0 unspecified atom stereocenters. The zero-order chi connectivity index (χ0) is 14.6. The Kier molecular flexibility index (Phi) is 4.46. The second-order valence-electron chi connectivity index (χ2n) is 5.67. The molecule has 0 aliphatic carbocycles. The molecule has 1 aromatic heterocycles. The Hall–Kier alpha value is -1.79. The Bertz CT molecular complexity index is 644. The van der Waals surface area contributed by atoms with Crippen molar-refractivity contribution in [1.82, 2.24) is 4.98 Å². The van der Waals surface area contributed by atoms with Crippen molar-refractivity contribution >= 4 is 28.2 Å². The molecule has 0 saturated heterocycles. The van der Waals surface area contributed by atoms with Crippen molar-refractivity contribution in [2.24, 2.45) is 5.41 Å². The molecule has 0 aliphatic heterocycles. The largest absolute Gasteiger partial charge is 0.383 e. The van der Waals surface area contributed by atoms with Crippen molar-refractivity contribution in [2.45, 2.75) is 26.7 Å². The molecule has 20 heavy (non-hydrogen) atoms. The first kappa shape index (κ1) is 14.6. The van der Waals surface area contributed by atoms with Gasteiger partial charge in [0, 0.05) is 24.5 Å². The number of fused-ring (bicyclic) bond motifs is 1. The van der Waals surface area contributed by atoms with E-state index in [0.717, 1.165) is 29.6 Å². The third-order valence-corrected chi connectivity index (χ3v) is 3.72. The highest BCUT2D eigenvalue weighted by atomic mass is 35.5. The molecule has 0 bridgehead atoms. The maximum atomic E-state index is 8.69. The summed E-state index contributed by atoms with van der Waals surface area (Å²) < 4.78 is 0. The average Bonchev–Trinajstić information content (AvgIpc) is 2.45. The highest BCUT2D eigenvalue weighted by Crippen LogP contribution is 2.29. The summed E-state index contributed by atoms with van der Waals surface area (Å²) in [5.74, 6) is 0. The van der Waals surface area contributed by atoms with Crippen LogP contribution >= 0.6 is 11.6 Å². The second-order valence-corrected chi connectivity index (χ2v) is 6.08. The monoisotopic (exact) mass is 287 g/mol. The molecule has 0 amide bonds. The maximum absolute atomic E-state index is 8.69. The Labute approximate surface area is 124 Å². The van der Waals surface area contributed by atoms with Crippen molar-refractivity contribution in [3.8, 4) is 6.07 Å². The molecule has 0 radical (unpaired) electrons. The van der Waals surface area contributed by atoms with E-state index in [2.05, 4.69) is 30.2 Å². The predicted molar refractivity (Wildman–Crippen MR) is 83.9 cm³/mol. The quantitative estimate of drug-likeness (QED) is 0.872. The predicted octanol–water partition coefficient (Wildman–Crippen LogP) is 4.63. The van der Waals surface area contributed by atoms with Crippen LogP contribution in [0, 0.1) is 16.7 Å². The maximum Gasteiger partial charge on any atom is 0.0948 e.